The summed E-state index contributed by atoms with van der Waals surface area (Å²) in [5, 5.41) is 0. The fraction of sp³-hybridized carbons (Fsp3) is 0.625. The summed E-state index contributed by atoms with van der Waals surface area (Å²) in [5.41, 5.74) is 0. The SMILES string of the molecule is O=S(=O)(NC1CC1)c1cccc(S(=O)(=O)NC2CCC(C(F)(F)F)CC2)c1. The predicted octanol–water partition coefficient (Wildman–Crippen LogP) is 2.53. The van der Waals surface area contributed by atoms with Crippen molar-refractivity contribution in [2.24, 2.45) is 5.92 Å². The lowest BCUT2D eigenvalue weighted by molar-refractivity contribution is -0.182. The van der Waals surface area contributed by atoms with Gasteiger partial charge in [0.1, 0.15) is 0 Å². The summed E-state index contributed by atoms with van der Waals surface area (Å²) in [4.78, 5) is -0.378. The first-order valence-corrected chi connectivity index (χ1v) is 11.7. The summed E-state index contributed by atoms with van der Waals surface area (Å²) in [5.74, 6) is -1.40. The molecule has 27 heavy (non-hydrogen) atoms. The molecule has 0 radical (unpaired) electrons. The molecule has 2 aliphatic rings. The minimum atomic E-state index is -4.26. The zero-order valence-electron chi connectivity index (χ0n) is 14.4. The number of hydrogen-bond donors (Lipinski definition) is 2. The maximum absolute atomic E-state index is 12.7. The largest absolute Gasteiger partial charge is 0.391 e. The van der Waals surface area contributed by atoms with Crippen LogP contribution >= 0.6 is 0 Å². The van der Waals surface area contributed by atoms with Gasteiger partial charge in [-0.3, -0.25) is 0 Å². The first-order chi connectivity index (χ1) is 12.5. The first-order valence-electron chi connectivity index (χ1n) is 8.69. The third kappa shape index (κ3) is 5.21. The molecule has 1 aromatic rings. The molecule has 0 aliphatic heterocycles. The molecule has 0 unspecified atom stereocenters. The van der Waals surface area contributed by atoms with Crippen LogP contribution in [0.1, 0.15) is 38.5 Å². The second kappa shape index (κ2) is 7.34. The number of alkyl halides is 3. The van der Waals surface area contributed by atoms with Crippen molar-refractivity contribution in [3.8, 4) is 0 Å². The smallest absolute Gasteiger partial charge is 0.208 e. The molecular formula is C16H21F3N2O4S2. The van der Waals surface area contributed by atoms with E-state index in [-0.39, 0.29) is 41.5 Å². The molecule has 0 bridgehead atoms. The van der Waals surface area contributed by atoms with Crippen LogP contribution in [0.2, 0.25) is 0 Å². The van der Waals surface area contributed by atoms with Gasteiger partial charge >= 0.3 is 6.18 Å². The third-order valence-corrected chi connectivity index (χ3v) is 7.87. The van der Waals surface area contributed by atoms with Gasteiger partial charge in [-0.15, -0.1) is 0 Å². The molecule has 3 rings (SSSR count). The first kappa shape index (κ1) is 20.6. The molecule has 11 heteroatoms. The Balaban J connectivity index is 1.69. The molecule has 2 saturated carbocycles. The van der Waals surface area contributed by atoms with Gasteiger partial charge in [0, 0.05) is 12.1 Å². The summed E-state index contributed by atoms with van der Waals surface area (Å²) in [6.07, 6.45) is -2.85. The van der Waals surface area contributed by atoms with Crippen molar-refractivity contribution < 1.29 is 30.0 Å². The van der Waals surface area contributed by atoms with Crippen LogP contribution in [0, 0.1) is 5.92 Å². The van der Waals surface area contributed by atoms with Crippen LogP contribution < -0.4 is 9.44 Å². The molecule has 2 aliphatic carbocycles. The molecule has 2 N–H and O–H groups in total. The summed E-state index contributed by atoms with van der Waals surface area (Å²) in [7, 11) is -7.84. The Kier molecular flexibility index (Phi) is 5.59. The van der Waals surface area contributed by atoms with E-state index in [0.29, 0.717) is 0 Å². The minimum Gasteiger partial charge on any atom is -0.208 e. The van der Waals surface area contributed by atoms with Crippen LogP contribution in [0.4, 0.5) is 13.2 Å². The van der Waals surface area contributed by atoms with Crippen LogP contribution in [-0.2, 0) is 20.0 Å². The zero-order valence-corrected chi connectivity index (χ0v) is 16.0. The van der Waals surface area contributed by atoms with E-state index in [1.54, 1.807) is 0 Å². The van der Waals surface area contributed by atoms with Gasteiger partial charge in [-0.05, 0) is 56.7 Å². The monoisotopic (exact) mass is 426 g/mol. The van der Waals surface area contributed by atoms with Gasteiger partial charge in [-0.2, -0.15) is 13.2 Å². The highest BCUT2D eigenvalue weighted by molar-refractivity contribution is 7.90. The van der Waals surface area contributed by atoms with Crippen LogP contribution in [0.3, 0.4) is 0 Å². The van der Waals surface area contributed by atoms with Gasteiger partial charge in [0.15, 0.2) is 0 Å². The van der Waals surface area contributed by atoms with Crippen molar-refractivity contribution in [3.63, 3.8) is 0 Å². The Morgan fingerprint density at radius 1 is 0.778 bits per heavy atom. The number of halogens is 3. The second-order valence-electron chi connectivity index (χ2n) is 7.08. The maximum atomic E-state index is 12.7. The van der Waals surface area contributed by atoms with Crippen LogP contribution in [0.15, 0.2) is 34.1 Å². The number of sulfonamides is 2. The molecule has 0 spiro atoms. The normalized spacial score (nSPS) is 24.7. The lowest BCUT2D eigenvalue weighted by Crippen LogP contribution is -2.40. The van der Waals surface area contributed by atoms with E-state index >= 15 is 0 Å². The van der Waals surface area contributed by atoms with E-state index in [1.807, 2.05) is 0 Å². The van der Waals surface area contributed by atoms with Crippen molar-refractivity contribution in [1.29, 1.82) is 0 Å². The average molecular weight is 426 g/mol. The predicted molar refractivity (Wildman–Crippen MR) is 91.9 cm³/mol. The Morgan fingerprint density at radius 3 is 1.56 bits per heavy atom. The molecule has 0 saturated heterocycles. The van der Waals surface area contributed by atoms with Crippen LogP contribution in [0.25, 0.3) is 0 Å². The quantitative estimate of drug-likeness (QED) is 0.731. The molecule has 152 valence electrons. The van der Waals surface area contributed by atoms with Crippen molar-refractivity contribution in [2.45, 2.75) is 66.6 Å². The number of nitrogens with one attached hydrogen (secondary N) is 2. The Morgan fingerprint density at radius 2 is 1.19 bits per heavy atom. The van der Waals surface area contributed by atoms with Crippen molar-refractivity contribution >= 4 is 20.0 Å². The van der Waals surface area contributed by atoms with E-state index < -0.39 is 38.2 Å². The van der Waals surface area contributed by atoms with E-state index in [9.17, 15) is 30.0 Å². The summed E-state index contributed by atoms with van der Waals surface area (Å²) < 4.78 is 92.6. The number of rotatable bonds is 6. The molecule has 1 aromatic carbocycles. The van der Waals surface area contributed by atoms with Gasteiger partial charge in [0.25, 0.3) is 0 Å². The van der Waals surface area contributed by atoms with E-state index in [4.69, 9.17) is 0 Å². The summed E-state index contributed by atoms with van der Waals surface area (Å²) in [6, 6.07) is 4.25. The molecule has 0 amide bonds. The lowest BCUT2D eigenvalue weighted by atomic mass is 9.86. The fourth-order valence-electron chi connectivity index (χ4n) is 3.12. The van der Waals surface area contributed by atoms with Crippen molar-refractivity contribution in [1.82, 2.24) is 9.44 Å². The van der Waals surface area contributed by atoms with E-state index in [1.165, 1.54) is 18.2 Å². The van der Waals surface area contributed by atoms with Gasteiger partial charge in [-0.1, -0.05) is 6.07 Å². The maximum Gasteiger partial charge on any atom is 0.391 e. The number of hydrogen-bond acceptors (Lipinski definition) is 4. The minimum absolute atomic E-state index is 0.0879. The van der Waals surface area contributed by atoms with Gasteiger partial charge in [-0.25, -0.2) is 26.3 Å². The molecule has 0 atom stereocenters. The van der Waals surface area contributed by atoms with Crippen LogP contribution in [-0.4, -0.2) is 35.1 Å². The topological polar surface area (TPSA) is 92.3 Å². The fourth-order valence-corrected chi connectivity index (χ4v) is 5.90. The molecule has 0 aromatic heterocycles. The Bertz CT molecular complexity index is 888. The van der Waals surface area contributed by atoms with Gasteiger partial charge in [0.2, 0.25) is 20.0 Å². The third-order valence-electron chi connectivity index (χ3n) is 4.84. The molecule has 2 fully saturated rings. The number of benzene rings is 1. The highest BCUT2D eigenvalue weighted by Crippen LogP contribution is 2.37. The van der Waals surface area contributed by atoms with E-state index in [0.717, 1.165) is 18.9 Å². The van der Waals surface area contributed by atoms with E-state index in [2.05, 4.69) is 9.44 Å². The molecule has 0 heterocycles. The van der Waals surface area contributed by atoms with Crippen LogP contribution in [0.5, 0.6) is 0 Å². The molecular weight excluding hydrogens is 405 g/mol. The van der Waals surface area contributed by atoms with Gasteiger partial charge in [0.05, 0.1) is 15.7 Å². The summed E-state index contributed by atoms with van der Waals surface area (Å²) >= 11 is 0. The average Bonchev–Trinajstić information content (AvgIpc) is 3.37. The molecule has 6 nitrogen and oxygen atoms in total. The standard InChI is InChI=1S/C16H21F3N2O4S2/c17-16(18,19)11-4-6-12(7-5-11)20-26(22,23)14-2-1-3-15(10-14)27(24,25)21-13-8-9-13/h1-3,10-13,20-21H,4-9H2. The van der Waals surface area contributed by atoms with Crippen molar-refractivity contribution in [3.05, 3.63) is 24.3 Å². The zero-order chi connectivity index (χ0) is 19.9. The van der Waals surface area contributed by atoms with Gasteiger partial charge < -0.3 is 0 Å². The Labute approximate surface area is 156 Å². The lowest BCUT2D eigenvalue weighted by Gasteiger charge is -2.30. The second-order valence-corrected chi connectivity index (χ2v) is 10.5. The summed E-state index contributed by atoms with van der Waals surface area (Å²) in [6.45, 7) is 0. The highest BCUT2D eigenvalue weighted by atomic mass is 32.2. The Hall–Kier alpha value is -1.17. The van der Waals surface area contributed by atoms with Crippen molar-refractivity contribution in [2.75, 3.05) is 0 Å². The highest BCUT2D eigenvalue weighted by Gasteiger charge is 2.42.